The lowest BCUT2D eigenvalue weighted by Crippen LogP contribution is -2.21. The second-order valence-electron chi connectivity index (χ2n) is 8.09. The van der Waals surface area contributed by atoms with E-state index in [4.69, 9.17) is 0 Å². The van der Waals surface area contributed by atoms with Crippen LogP contribution in [0.15, 0.2) is 72.8 Å². The van der Waals surface area contributed by atoms with E-state index < -0.39 is 0 Å². The Morgan fingerprint density at radius 1 is 0.767 bits per heavy atom. The summed E-state index contributed by atoms with van der Waals surface area (Å²) in [6.45, 7) is 2.49. The SMILES string of the molecule is CN(C)Cc1ccc(-c2ccccc2CNCc2ccc(C(=O)N(C)C)cc2)cc1. The van der Waals surface area contributed by atoms with Gasteiger partial charge in [0.2, 0.25) is 0 Å². The standard InChI is InChI=1S/C26H31N3O/c1-28(2)19-21-11-13-22(14-12-21)25-8-6-5-7-24(25)18-27-17-20-9-15-23(16-10-20)26(30)29(3)4/h5-16,27H,17-19H2,1-4H3. The third-order valence-electron chi connectivity index (χ3n) is 5.03. The first kappa shape index (κ1) is 21.8. The largest absolute Gasteiger partial charge is 0.345 e. The van der Waals surface area contributed by atoms with Crippen LogP contribution < -0.4 is 5.32 Å². The predicted octanol–water partition coefficient (Wildman–Crippen LogP) is 4.41. The zero-order valence-corrected chi connectivity index (χ0v) is 18.4. The van der Waals surface area contributed by atoms with Crippen molar-refractivity contribution in [2.24, 2.45) is 0 Å². The molecule has 3 aromatic carbocycles. The third-order valence-corrected chi connectivity index (χ3v) is 5.03. The fourth-order valence-electron chi connectivity index (χ4n) is 3.48. The summed E-state index contributed by atoms with van der Waals surface area (Å²) in [5.41, 5.74) is 6.96. The molecular formula is C26H31N3O. The molecule has 3 rings (SSSR count). The van der Waals surface area contributed by atoms with Crippen molar-refractivity contribution in [3.05, 3.63) is 95.1 Å². The van der Waals surface area contributed by atoms with Gasteiger partial charge in [-0.3, -0.25) is 4.79 Å². The fourth-order valence-corrected chi connectivity index (χ4v) is 3.48. The van der Waals surface area contributed by atoms with E-state index in [1.54, 1.807) is 19.0 Å². The van der Waals surface area contributed by atoms with Crippen LogP contribution in [0.3, 0.4) is 0 Å². The third kappa shape index (κ3) is 5.78. The van der Waals surface area contributed by atoms with E-state index >= 15 is 0 Å². The summed E-state index contributed by atoms with van der Waals surface area (Å²) in [7, 11) is 7.71. The van der Waals surface area contributed by atoms with E-state index in [1.807, 2.05) is 24.3 Å². The molecule has 0 heterocycles. The zero-order chi connectivity index (χ0) is 21.5. The van der Waals surface area contributed by atoms with E-state index in [-0.39, 0.29) is 5.91 Å². The number of rotatable bonds is 8. The molecule has 1 amide bonds. The molecule has 0 aliphatic rings. The van der Waals surface area contributed by atoms with E-state index in [1.165, 1.54) is 22.3 Å². The topological polar surface area (TPSA) is 35.6 Å². The summed E-state index contributed by atoms with van der Waals surface area (Å²) in [6.07, 6.45) is 0. The van der Waals surface area contributed by atoms with Crippen LogP contribution in [-0.4, -0.2) is 43.9 Å². The van der Waals surface area contributed by atoms with Crippen molar-refractivity contribution in [1.29, 1.82) is 0 Å². The van der Waals surface area contributed by atoms with Crippen LogP contribution in [0.25, 0.3) is 11.1 Å². The van der Waals surface area contributed by atoms with Crippen molar-refractivity contribution in [3.8, 4) is 11.1 Å². The predicted molar refractivity (Wildman–Crippen MR) is 124 cm³/mol. The molecule has 1 N–H and O–H groups in total. The summed E-state index contributed by atoms with van der Waals surface area (Å²) in [5, 5.41) is 3.54. The number of benzene rings is 3. The lowest BCUT2D eigenvalue weighted by atomic mass is 9.98. The fraction of sp³-hybridized carbons (Fsp3) is 0.269. The molecular weight excluding hydrogens is 370 g/mol. The average molecular weight is 402 g/mol. The van der Waals surface area contributed by atoms with Crippen molar-refractivity contribution < 1.29 is 4.79 Å². The van der Waals surface area contributed by atoms with E-state index in [2.05, 4.69) is 72.8 Å². The Hall–Kier alpha value is -2.95. The van der Waals surface area contributed by atoms with Crippen molar-refractivity contribution in [2.45, 2.75) is 19.6 Å². The van der Waals surface area contributed by atoms with E-state index in [9.17, 15) is 4.79 Å². The van der Waals surface area contributed by atoms with Gasteiger partial charge in [0.05, 0.1) is 0 Å². The minimum atomic E-state index is 0.0278. The first-order valence-electron chi connectivity index (χ1n) is 10.3. The van der Waals surface area contributed by atoms with Crippen LogP contribution >= 0.6 is 0 Å². The first-order chi connectivity index (χ1) is 14.4. The Bertz CT molecular complexity index is 960. The van der Waals surface area contributed by atoms with Gasteiger partial charge in [-0.2, -0.15) is 0 Å². The monoisotopic (exact) mass is 401 g/mol. The lowest BCUT2D eigenvalue weighted by Gasteiger charge is -2.13. The molecule has 0 aliphatic heterocycles. The van der Waals surface area contributed by atoms with Crippen molar-refractivity contribution in [3.63, 3.8) is 0 Å². The average Bonchev–Trinajstić information content (AvgIpc) is 2.74. The van der Waals surface area contributed by atoms with Crippen LogP contribution in [0.5, 0.6) is 0 Å². The van der Waals surface area contributed by atoms with Gasteiger partial charge < -0.3 is 15.1 Å². The number of amides is 1. The molecule has 0 radical (unpaired) electrons. The summed E-state index contributed by atoms with van der Waals surface area (Å²) >= 11 is 0. The number of carbonyl (C=O) groups is 1. The van der Waals surface area contributed by atoms with Gasteiger partial charge in [-0.05, 0) is 54.0 Å². The molecule has 0 spiro atoms. The molecule has 0 aliphatic carbocycles. The van der Waals surface area contributed by atoms with Crippen molar-refractivity contribution in [2.75, 3.05) is 28.2 Å². The number of nitrogens with one attached hydrogen (secondary N) is 1. The smallest absolute Gasteiger partial charge is 0.253 e. The minimum absolute atomic E-state index is 0.0278. The highest BCUT2D eigenvalue weighted by molar-refractivity contribution is 5.93. The summed E-state index contributed by atoms with van der Waals surface area (Å²) in [6, 6.07) is 25.2. The summed E-state index contributed by atoms with van der Waals surface area (Å²) in [4.78, 5) is 15.8. The van der Waals surface area contributed by atoms with Gasteiger partial charge in [0.1, 0.15) is 0 Å². The highest BCUT2D eigenvalue weighted by Gasteiger charge is 2.08. The molecule has 0 fully saturated rings. The maximum Gasteiger partial charge on any atom is 0.253 e. The number of nitrogens with zero attached hydrogens (tertiary/aromatic N) is 2. The molecule has 0 atom stereocenters. The van der Waals surface area contributed by atoms with Crippen molar-refractivity contribution in [1.82, 2.24) is 15.1 Å². The Morgan fingerprint density at radius 3 is 2.03 bits per heavy atom. The van der Waals surface area contributed by atoms with E-state index in [0.29, 0.717) is 5.56 Å². The van der Waals surface area contributed by atoms with Crippen molar-refractivity contribution >= 4 is 5.91 Å². The maximum absolute atomic E-state index is 12.0. The molecule has 30 heavy (non-hydrogen) atoms. The highest BCUT2D eigenvalue weighted by atomic mass is 16.2. The number of carbonyl (C=O) groups excluding carboxylic acids is 1. The van der Waals surface area contributed by atoms with Gasteiger partial charge in [0.15, 0.2) is 0 Å². The van der Waals surface area contributed by atoms with Crippen LogP contribution in [0.4, 0.5) is 0 Å². The molecule has 0 unspecified atom stereocenters. The molecule has 0 bridgehead atoms. The Labute approximate surface area is 180 Å². The Morgan fingerprint density at radius 2 is 1.40 bits per heavy atom. The quantitative estimate of drug-likeness (QED) is 0.607. The van der Waals surface area contributed by atoms with Gasteiger partial charge >= 0.3 is 0 Å². The van der Waals surface area contributed by atoms with Gasteiger partial charge in [-0.1, -0.05) is 60.7 Å². The van der Waals surface area contributed by atoms with Gasteiger partial charge in [0.25, 0.3) is 5.91 Å². The van der Waals surface area contributed by atoms with Crippen LogP contribution in [0.2, 0.25) is 0 Å². The summed E-state index contributed by atoms with van der Waals surface area (Å²) < 4.78 is 0. The number of hydrogen-bond acceptors (Lipinski definition) is 3. The zero-order valence-electron chi connectivity index (χ0n) is 18.4. The lowest BCUT2D eigenvalue weighted by molar-refractivity contribution is 0.0827. The minimum Gasteiger partial charge on any atom is -0.345 e. The van der Waals surface area contributed by atoms with Crippen LogP contribution in [0.1, 0.15) is 27.0 Å². The summed E-state index contributed by atoms with van der Waals surface area (Å²) in [5.74, 6) is 0.0278. The van der Waals surface area contributed by atoms with Gasteiger partial charge in [-0.25, -0.2) is 0 Å². The Kier molecular flexibility index (Phi) is 7.39. The maximum atomic E-state index is 12.0. The molecule has 0 saturated carbocycles. The highest BCUT2D eigenvalue weighted by Crippen LogP contribution is 2.24. The number of hydrogen-bond donors (Lipinski definition) is 1. The second-order valence-corrected chi connectivity index (χ2v) is 8.09. The molecule has 4 nitrogen and oxygen atoms in total. The molecule has 0 aromatic heterocycles. The van der Waals surface area contributed by atoms with Crippen LogP contribution in [-0.2, 0) is 19.6 Å². The van der Waals surface area contributed by atoms with Crippen LogP contribution in [0, 0.1) is 0 Å². The van der Waals surface area contributed by atoms with Gasteiger partial charge in [-0.15, -0.1) is 0 Å². The molecule has 3 aromatic rings. The Balaban J connectivity index is 1.63. The van der Waals surface area contributed by atoms with Gasteiger partial charge in [0, 0.05) is 39.3 Å². The molecule has 4 heteroatoms. The van der Waals surface area contributed by atoms with E-state index in [0.717, 1.165) is 25.2 Å². The molecule has 156 valence electrons. The normalized spacial score (nSPS) is 11.0. The molecule has 0 saturated heterocycles. The first-order valence-corrected chi connectivity index (χ1v) is 10.3. The second kappa shape index (κ2) is 10.2.